The van der Waals surface area contributed by atoms with Gasteiger partial charge in [0.05, 0.1) is 11.3 Å². The fourth-order valence-electron chi connectivity index (χ4n) is 2.89. The molecule has 1 aromatic heterocycles. The molecule has 0 spiro atoms. The van der Waals surface area contributed by atoms with E-state index in [-0.39, 0.29) is 17.5 Å². The number of benzene rings is 1. The molecule has 1 fully saturated rings. The van der Waals surface area contributed by atoms with Crippen molar-refractivity contribution in [3.63, 3.8) is 0 Å². The molecule has 2 N–H and O–H groups in total. The Labute approximate surface area is 162 Å². The highest BCUT2D eigenvalue weighted by atomic mass is 19.3. The van der Waals surface area contributed by atoms with Crippen molar-refractivity contribution < 1.29 is 18.0 Å². The maximum absolute atomic E-state index is 14.2. The average Bonchev–Trinajstić information content (AvgIpc) is 3.45. The van der Waals surface area contributed by atoms with Gasteiger partial charge in [0, 0.05) is 25.2 Å². The van der Waals surface area contributed by atoms with Crippen molar-refractivity contribution in [3.05, 3.63) is 53.0 Å². The van der Waals surface area contributed by atoms with Crippen LogP contribution in [0.15, 0.2) is 30.5 Å². The number of anilines is 2. The van der Waals surface area contributed by atoms with Gasteiger partial charge in [-0.2, -0.15) is 0 Å². The first-order valence-electron chi connectivity index (χ1n) is 9.38. The van der Waals surface area contributed by atoms with Crippen molar-refractivity contribution >= 4 is 17.4 Å². The molecule has 0 saturated heterocycles. The molecule has 1 amide bonds. The fourth-order valence-corrected chi connectivity index (χ4v) is 2.89. The van der Waals surface area contributed by atoms with E-state index in [1.165, 1.54) is 18.3 Å². The number of amides is 1. The third-order valence-electron chi connectivity index (χ3n) is 4.79. The van der Waals surface area contributed by atoms with Crippen molar-refractivity contribution in [3.8, 4) is 0 Å². The number of carbonyl (C=O) groups is 1. The third-order valence-corrected chi connectivity index (χ3v) is 4.79. The Kier molecular flexibility index (Phi) is 5.63. The molecule has 7 heteroatoms. The Hall–Kier alpha value is -2.57. The molecule has 0 bridgehead atoms. The first-order chi connectivity index (χ1) is 13.1. The second kappa shape index (κ2) is 7.81. The van der Waals surface area contributed by atoms with Crippen LogP contribution < -0.4 is 10.6 Å². The van der Waals surface area contributed by atoms with Crippen molar-refractivity contribution in [2.45, 2.75) is 45.5 Å². The van der Waals surface area contributed by atoms with Crippen LogP contribution in [0.4, 0.5) is 24.7 Å². The molecule has 28 heavy (non-hydrogen) atoms. The van der Waals surface area contributed by atoms with Gasteiger partial charge < -0.3 is 10.6 Å². The highest BCUT2D eigenvalue weighted by Gasteiger charge is 2.26. The molecular formula is C21H24F3N3O. The summed E-state index contributed by atoms with van der Waals surface area (Å²) in [5.41, 5.74) is 0.917. The molecule has 1 aliphatic carbocycles. The molecule has 3 rings (SSSR count). The number of nitrogens with zero attached hydrogens (tertiary/aromatic N) is 1. The quantitative estimate of drug-likeness (QED) is 0.670. The van der Waals surface area contributed by atoms with Gasteiger partial charge in [0.15, 0.2) is 0 Å². The van der Waals surface area contributed by atoms with Crippen LogP contribution in [0.3, 0.4) is 0 Å². The Morgan fingerprint density at radius 3 is 2.57 bits per heavy atom. The summed E-state index contributed by atoms with van der Waals surface area (Å²) in [7, 11) is 0. The minimum Gasteiger partial charge on any atom is -0.352 e. The lowest BCUT2D eigenvalue weighted by Crippen LogP contribution is -2.27. The lowest BCUT2D eigenvalue weighted by Gasteiger charge is -2.16. The molecule has 150 valence electrons. The predicted octanol–water partition coefficient (Wildman–Crippen LogP) is 5.34. The zero-order chi connectivity index (χ0) is 20.5. The van der Waals surface area contributed by atoms with Gasteiger partial charge in [-0.05, 0) is 48.4 Å². The van der Waals surface area contributed by atoms with Gasteiger partial charge in [-0.15, -0.1) is 0 Å². The van der Waals surface area contributed by atoms with E-state index >= 15 is 0 Å². The molecule has 1 heterocycles. The van der Waals surface area contributed by atoms with E-state index in [9.17, 15) is 18.0 Å². The first-order valence-corrected chi connectivity index (χ1v) is 9.38. The lowest BCUT2D eigenvalue weighted by molar-refractivity contribution is 0.0172. The lowest BCUT2D eigenvalue weighted by atomic mass is 9.98. The highest BCUT2D eigenvalue weighted by molar-refractivity contribution is 5.96. The second-order valence-corrected chi connectivity index (χ2v) is 7.67. The minimum atomic E-state index is -3.11. The molecule has 0 unspecified atom stereocenters. The summed E-state index contributed by atoms with van der Waals surface area (Å²) in [6.07, 6.45) is 3.76. The van der Waals surface area contributed by atoms with Crippen LogP contribution in [-0.2, 0) is 5.92 Å². The van der Waals surface area contributed by atoms with E-state index in [1.807, 2.05) is 13.8 Å². The van der Waals surface area contributed by atoms with Gasteiger partial charge in [-0.1, -0.05) is 19.9 Å². The topological polar surface area (TPSA) is 54.0 Å². The fraction of sp³-hybridized carbons (Fsp3) is 0.429. The van der Waals surface area contributed by atoms with Crippen LogP contribution in [-0.4, -0.2) is 17.4 Å². The maximum atomic E-state index is 14.2. The molecule has 0 atom stereocenters. The number of aromatic nitrogens is 1. The highest BCUT2D eigenvalue weighted by Crippen LogP contribution is 2.31. The summed E-state index contributed by atoms with van der Waals surface area (Å²) < 4.78 is 40.9. The molecule has 0 radical (unpaired) electrons. The monoisotopic (exact) mass is 391 g/mol. The summed E-state index contributed by atoms with van der Waals surface area (Å²) in [5, 5.41) is 5.73. The van der Waals surface area contributed by atoms with E-state index in [0.29, 0.717) is 23.8 Å². The van der Waals surface area contributed by atoms with Gasteiger partial charge in [-0.25, -0.2) is 18.2 Å². The zero-order valence-electron chi connectivity index (χ0n) is 16.2. The standard InChI is InChI=1S/C21H24F3N3O/c1-12(2)15-9-19(25-11-16(15)20(28)26-10-13-4-5-13)27-18-7-6-14(8-17(18)22)21(3,23)24/h6-9,11-13H,4-5,10H2,1-3H3,(H,25,27)(H,26,28). The maximum Gasteiger partial charge on any atom is 0.270 e. The predicted molar refractivity (Wildman–Crippen MR) is 103 cm³/mol. The SMILES string of the molecule is CC(C)c1cc(Nc2ccc(C(C)(F)F)cc2F)ncc1C(=O)NCC1CC1. The molecular weight excluding hydrogens is 367 g/mol. The Morgan fingerprint density at radius 1 is 1.29 bits per heavy atom. The van der Waals surface area contributed by atoms with E-state index in [1.54, 1.807) is 6.07 Å². The number of nitrogens with one attached hydrogen (secondary N) is 2. The number of hydrogen-bond acceptors (Lipinski definition) is 3. The molecule has 1 aliphatic rings. The van der Waals surface area contributed by atoms with Crippen LogP contribution >= 0.6 is 0 Å². The normalized spacial score (nSPS) is 14.2. The van der Waals surface area contributed by atoms with Crippen LogP contribution in [0.1, 0.15) is 61.0 Å². The van der Waals surface area contributed by atoms with Crippen LogP contribution in [0.25, 0.3) is 0 Å². The summed E-state index contributed by atoms with van der Waals surface area (Å²) >= 11 is 0. The summed E-state index contributed by atoms with van der Waals surface area (Å²) in [6.45, 7) is 5.29. The number of rotatable bonds is 7. The van der Waals surface area contributed by atoms with Crippen LogP contribution in [0.5, 0.6) is 0 Å². The second-order valence-electron chi connectivity index (χ2n) is 7.67. The zero-order valence-corrected chi connectivity index (χ0v) is 16.2. The number of pyridine rings is 1. The van der Waals surface area contributed by atoms with Crippen molar-refractivity contribution in [2.24, 2.45) is 5.92 Å². The van der Waals surface area contributed by atoms with Gasteiger partial charge in [0.1, 0.15) is 11.6 Å². The van der Waals surface area contributed by atoms with E-state index < -0.39 is 17.3 Å². The van der Waals surface area contributed by atoms with Gasteiger partial charge >= 0.3 is 0 Å². The average molecular weight is 391 g/mol. The molecule has 1 aromatic carbocycles. The first kappa shape index (κ1) is 20.2. The minimum absolute atomic E-state index is 0.0427. The van der Waals surface area contributed by atoms with Crippen LogP contribution in [0.2, 0.25) is 0 Å². The Morgan fingerprint density at radius 2 is 2.00 bits per heavy atom. The van der Waals surface area contributed by atoms with Gasteiger partial charge in [0.25, 0.3) is 11.8 Å². The van der Waals surface area contributed by atoms with Gasteiger partial charge in [0.2, 0.25) is 0 Å². The Balaban J connectivity index is 1.81. The molecule has 4 nitrogen and oxygen atoms in total. The van der Waals surface area contributed by atoms with Gasteiger partial charge in [-0.3, -0.25) is 4.79 Å². The summed E-state index contributed by atoms with van der Waals surface area (Å²) in [4.78, 5) is 16.7. The van der Waals surface area contributed by atoms with Crippen molar-refractivity contribution in [1.82, 2.24) is 10.3 Å². The number of halogens is 3. The van der Waals surface area contributed by atoms with E-state index in [4.69, 9.17) is 0 Å². The number of hydrogen-bond donors (Lipinski definition) is 2. The van der Waals surface area contributed by atoms with Crippen molar-refractivity contribution in [2.75, 3.05) is 11.9 Å². The third kappa shape index (κ3) is 4.82. The summed E-state index contributed by atoms with van der Waals surface area (Å²) in [6, 6.07) is 4.94. The molecule has 2 aromatic rings. The number of alkyl halides is 2. The number of carbonyl (C=O) groups excluding carboxylic acids is 1. The smallest absolute Gasteiger partial charge is 0.270 e. The van der Waals surface area contributed by atoms with E-state index in [0.717, 1.165) is 31.4 Å². The molecule has 0 aliphatic heterocycles. The largest absolute Gasteiger partial charge is 0.352 e. The van der Waals surface area contributed by atoms with E-state index in [2.05, 4.69) is 15.6 Å². The van der Waals surface area contributed by atoms with Crippen LogP contribution in [0, 0.1) is 11.7 Å². The molecule has 1 saturated carbocycles. The summed E-state index contributed by atoms with van der Waals surface area (Å²) in [5.74, 6) is -3.11. The van der Waals surface area contributed by atoms with Crippen molar-refractivity contribution in [1.29, 1.82) is 0 Å². The Bertz CT molecular complexity index is 874.